The fourth-order valence-corrected chi connectivity index (χ4v) is 1.94. The van der Waals surface area contributed by atoms with Gasteiger partial charge in [-0.2, -0.15) is 0 Å². The van der Waals surface area contributed by atoms with Crippen molar-refractivity contribution in [2.75, 3.05) is 18.4 Å². The molecule has 1 fully saturated rings. The third-order valence-electron chi connectivity index (χ3n) is 2.84. The molecule has 1 aliphatic rings. The molecule has 1 aromatic rings. The van der Waals surface area contributed by atoms with Crippen LogP contribution in [0.1, 0.15) is 12.8 Å². The highest BCUT2D eigenvalue weighted by molar-refractivity contribution is 5.90. The Hall–Kier alpha value is -1.49. The number of hydrogen-bond acceptors (Lipinski definition) is 2. The Morgan fingerprint density at radius 3 is 2.94 bits per heavy atom. The van der Waals surface area contributed by atoms with Gasteiger partial charge in [0.2, 0.25) is 5.91 Å². The SMILES string of the molecule is O=C(CC1CCNC1)Nc1ccc(F)cc1F. The number of anilines is 1. The molecule has 17 heavy (non-hydrogen) atoms. The first-order valence-electron chi connectivity index (χ1n) is 5.61. The van der Waals surface area contributed by atoms with Crippen molar-refractivity contribution in [2.24, 2.45) is 5.92 Å². The second kappa shape index (κ2) is 5.23. The van der Waals surface area contributed by atoms with Gasteiger partial charge in [0, 0.05) is 12.5 Å². The van der Waals surface area contributed by atoms with E-state index in [1.54, 1.807) is 0 Å². The lowest BCUT2D eigenvalue weighted by molar-refractivity contribution is -0.117. The van der Waals surface area contributed by atoms with E-state index in [2.05, 4.69) is 10.6 Å². The summed E-state index contributed by atoms with van der Waals surface area (Å²) < 4.78 is 25.9. The summed E-state index contributed by atoms with van der Waals surface area (Å²) in [4.78, 5) is 11.6. The molecule has 92 valence electrons. The molecule has 0 aromatic heterocycles. The summed E-state index contributed by atoms with van der Waals surface area (Å²) in [5.74, 6) is -1.33. The Morgan fingerprint density at radius 2 is 2.29 bits per heavy atom. The molecule has 0 spiro atoms. The maximum atomic E-state index is 13.3. The molecule has 2 N–H and O–H groups in total. The summed E-state index contributed by atoms with van der Waals surface area (Å²) in [5, 5.41) is 5.61. The molecule has 5 heteroatoms. The monoisotopic (exact) mass is 240 g/mol. The average molecular weight is 240 g/mol. The molecular formula is C12H14F2N2O. The van der Waals surface area contributed by atoms with Crippen LogP contribution in [0.4, 0.5) is 14.5 Å². The van der Waals surface area contributed by atoms with Crippen LogP contribution >= 0.6 is 0 Å². The Labute approximate surface area is 98.2 Å². The van der Waals surface area contributed by atoms with Crippen LogP contribution in [0.2, 0.25) is 0 Å². The van der Waals surface area contributed by atoms with E-state index >= 15 is 0 Å². The van der Waals surface area contributed by atoms with Gasteiger partial charge < -0.3 is 10.6 Å². The Bertz CT molecular complexity index is 417. The smallest absolute Gasteiger partial charge is 0.224 e. The van der Waals surface area contributed by atoms with Crippen molar-refractivity contribution in [3.8, 4) is 0 Å². The minimum absolute atomic E-state index is 0.0300. The number of amides is 1. The topological polar surface area (TPSA) is 41.1 Å². The fraction of sp³-hybridized carbons (Fsp3) is 0.417. The molecule has 0 aliphatic carbocycles. The number of hydrogen-bond donors (Lipinski definition) is 2. The molecule has 0 saturated carbocycles. The zero-order valence-electron chi connectivity index (χ0n) is 9.30. The van der Waals surface area contributed by atoms with E-state index in [1.165, 1.54) is 6.07 Å². The Morgan fingerprint density at radius 1 is 1.47 bits per heavy atom. The van der Waals surface area contributed by atoms with Crippen LogP contribution in [0, 0.1) is 17.6 Å². The highest BCUT2D eigenvalue weighted by atomic mass is 19.1. The lowest BCUT2D eigenvalue weighted by Crippen LogP contribution is -2.18. The van der Waals surface area contributed by atoms with E-state index in [0.29, 0.717) is 12.3 Å². The molecule has 1 amide bonds. The summed E-state index contributed by atoms with van der Waals surface area (Å²) in [6, 6.07) is 3.11. The zero-order valence-corrected chi connectivity index (χ0v) is 9.30. The van der Waals surface area contributed by atoms with Crippen LogP contribution in [-0.2, 0) is 4.79 Å². The minimum Gasteiger partial charge on any atom is -0.324 e. The van der Waals surface area contributed by atoms with Crippen LogP contribution in [0.5, 0.6) is 0 Å². The number of benzene rings is 1. The first-order chi connectivity index (χ1) is 8.15. The molecule has 1 saturated heterocycles. The molecule has 1 atom stereocenters. The van der Waals surface area contributed by atoms with Gasteiger partial charge >= 0.3 is 0 Å². The van der Waals surface area contributed by atoms with E-state index in [9.17, 15) is 13.6 Å². The van der Waals surface area contributed by atoms with Crippen molar-refractivity contribution in [3.63, 3.8) is 0 Å². The number of halogens is 2. The summed E-state index contributed by atoms with van der Waals surface area (Å²) >= 11 is 0. The quantitative estimate of drug-likeness (QED) is 0.847. The van der Waals surface area contributed by atoms with Gasteiger partial charge in [-0.3, -0.25) is 4.79 Å². The van der Waals surface area contributed by atoms with E-state index in [1.807, 2.05) is 0 Å². The lowest BCUT2D eigenvalue weighted by atomic mass is 10.0. The second-order valence-electron chi connectivity index (χ2n) is 4.24. The van der Waals surface area contributed by atoms with Gasteiger partial charge in [0.05, 0.1) is 5.69 Å². The molecule has 2 rings (SSSR count). The van der Waals surface area contributed by atoms with Gasteiger partial charge in [-0.25, -0.2) is 8.78 Å². The first-order valence-corrected chi connectivity index (χ1v) is 5.61. The Balaban J connectivity index is 1.93. The predicted octanol–water partition coefficient (Wildman–Crippen LogP) is 1.90. The van der Waals surface area contributed by atoms with Crippen LogP contribution in [-0.4, -0.2) is 19.0 Å². The average Bonchev–Trinajstić information content (AvgIpc) is 2.75. The first kappa shape index (κ1) is 12.0. The van der Waals surface area contributed by atoms with Crippen LogP contribution in [0.25, 0.3) is 0 Å². The predicted molar refractivity (Wildman–Crippen MR) is 60.6 cm³/mol. The van der Waals surface area contributed by atoms with Crippen LogP contribution < -0.4 is 10.6 Å². The number of carbonyl (C=O) groups excluding carboxylic acids is 1. The summed E-state index contributed by atoms with van der Waals surface area (Å²) in [6.45, 7) is 1.74. The standard InChI is InChI=1S/C12H14F2N2O/c13-9-1-2-11(10(14)6-9)16-12(17)5-8-3-4-15-7-8/h1-2,6,8,15H,3-5,7H2,(H,16,17). The third-order valence-corrected chi connectivity index (χ3v) is 2.84. The third kappa shape index (κ3) is 3.23. The fourth-order valence-electron chi connectivity index (χ4n) is 1.94. The van der Waals surface area contributed by atoms with Crippen molar-refractivity contribution >= 4 is 11.6 Å². The number of carbonyl (C=O) groups is 1. The summed E-state index contributed by atoms with van der Waals surface area (Å²) in [7, 11) is 0. The van der Waals surface area contributed by atoms with Gasteiger partial charge in [-0.15, -0.1) is 0 Å². The molecular weight excluding hydrogens is 226 g/mol. The lowest BCUT2D eigenvalue weighted by Gasteiger charge is -2.09. The van der Waals surface area contributed by atoms with E-state index in [0.717, 1.165) is 31.6 Å². The molecule has 1 heterocycles. The number of nitrogens with one attached hydrogen (secondary N) is 2. The van der Waals surface area contributed by atoms with Crippen molar-refractivity contribution in [2.45, 2.75) is 12.8 Å². The minimum atomic E-state index is -0.747. The molecule has 3 nitrogen and oxygen atoms in total. The summed E-state index contributed by atoms with van der Waals surface area (Å²) in [6.07, 6.45) is 1.32. The maximum absolute atomic E-state index is 13.3. The van der Waals surface area contributed by atoms with Gasteiger partial charge in [-0.1, -0.05) is 0 Å². The van der Waals surface area contributed by atoms with E-state index in [-0.39, 0.29) is 11.6 Å². The van der Waals surface area contributed by atoms with Gasteiger partial charge in [0.15, 0.2) is 0 Å². The summed E-state index contributed by atoms with van der Waals surface area (Å²) in [5.41, 5.74) is 0.0300. The molecule has 1 aliphatic heterocycles. The normalized spacial score (nSPS) is 19.3. The van der Waals surface area contributed by atoms with Crippen molar-refractivity contribution < 1.29 is 13.6 Å². The highest BCUT2D eigenvalue weighted by Crippen LogP contribution is 2.17. The van der Waals surface area contributed by atoms with Crippen LogP contribution in [0.15, 0.2) is 18.2 Å². The van der Waals surface area contributed by atoms with Crippen molar-refractivity contribution in [1.82, 2.24) is 5.32 Å². The van der Waals surface area contributed by atoms with E-state index in [4.69, 9.17) is 0 Å². The van der Waals surface area contributed by atoms with Gasteiger partial charge in [0.25, 0.3) is 0 Å². The largest absolute Gasteiger partial charge is 0.324 e. The molecule has 1 unspecified atom stereocenters. The second-order valence-corrected chi connectivity index (χ2v) is 4.24. The van der Waals surface area contributed by atoms with E-state index < -0.39 is 11.6 Å². The molecule has 0 radical (unpaired) electrons. The molecule has 0 bridgehead atoms. The van der Waals surface area contributed by atoms with Crippen LogP contribution in [0.3, 0.4) is 0 Å². The van der Waals surface area contributed by atoms with Crippen molar-refractivity contribution in [3.05, 3.63) is 29.8 Å². The number of rotatable bonds is 3. The zero-order chi connectivity index (χ0) is 12.3. The Kier molecular flexibility index (Phi) is 3.68. The van der Waals surface area contributed by atoms with Crippen molar-refractivity contribution in [1.29, 1.82) is 0 Å². The maximum Gasteiger partial charge on any atom is 0.224 e. The highest BCUT2D eigenvalue weighted by Gasteiger charge is 2.18. The molecule has 1 aromatic carbocycles. The van der Waals surface area contributed by atoms with Gasteiger partial charge in [-0.05, 0) is 37.6 Å². The van der Waals surface area contributed by atoms with Gasteiger partial charge in [0.1, 0.15) is 11.6 Å².